The topological polar surface area (TPSA) is 316 Å². The highest BCUT2D eigenvalue weighted by molar-refractivity contribution is 7.18. The molecule has 0 unspecified atom stereocenters. The van der Waals surface area contributed by atoms with Gasteiger partial charge in [0, 0.05) is 52.9 Å². The van der Waals surface area contributed by atoms with E-state index >= 15 is 0 Å². The molecule has 8 N–H and O–H groups in total. The molecule has 6 heterocycles. The van der Waals surface area contributed by atoms with Crippen LogP contribution in [-0.2, 0) is 72.4 Å². The number of esters is 1. The van der Waals surface area contributed by atoms with Crippen LogP contribution in [0.2, 0.25) is 0 Å². The molecule has 0 saturated heterocycles. The first-order valence-corrected chi connectivity index (χ1v) is 30.3. The van der Waals surface area contributed by atoms with E-state index in [4.69, 9.17) is 41.3 Å². The number of methoxy groups -OCH3 is 2. The molecular formula is C63H67N7O14S3. The van der Waals surface area contributed by atoms with Gasteiger partial charge in [0.25, 0.3) is 41.0 Å². The van der Waals surface area contributed by atoms with Crippen molar-refractivity contribution in [2.45, 2.75) is 86.0 Å². The number of aromatic nitrogens is 3. The van der Waals surface area contributed by atoms with Crippen molar-refractivity contribution in [2.24, 2.45) is 23.1 Å². The molecule has 9 aromatic rings. The first-order chi connectivity index (χ1) is 41.7. The molecule has 0 saturated carbocycles. The molecule has 0 fully saturated rings. The van der Waals surface area contributed by atoms with Gasteiger partial charge in [0.05, 0.1) is 47.1 Å². The van der Waals surface area contributed by atoms with Crippen molar-refractivity contribution in [2.75, 3.05) is 27.4 Å². The third-order valence-corrected chi connectivity index (χ3v) is 17.3. The zero-order valence-corrected chi connectivity index (χ0v) is 51.4. The van der Waals surface area contributed by atoms with Crippen LogP contribution < -0.4 is 36.7 Å². The molecule has 0 spiro atoms. The summed E-state index contributed by atoms with van der Waals surface area (Å²) in [6, 6.07) is 28.6. The van der Waals surface area contributed by atoms with Crippen LogP contribution in [-0.4, -0.2) is 105 Å². The lowest BCUT2D eigenvalue weighted by Gasteiger charge is -2.21. The van der Waals surface area contributed by atoms with Gasteiger partial charge in [0.15, 0.2) is 13.2 Å². The standard InChI is InChI=1S/C26H31N3O6S.C19H18N2O5S.C18H18N2O3S/c1-5-15(3)22(26(33)34-4)28-19(30)13-35-18-14-36-25-21(18)20(23(31)24(27)32)17(6-2)29(25)12-16-10-8-7-9-11-16;1-2-12-15(17(24)18(20)25)16-13(26-9-14(22)23)10-27-19(16)21(12)8-11-6-4-3-5-7-11;1-3-12-14(16(21)17(19)22)15-13(23-2)10-24-18(15)20(12)9-11-7-5-4-6-8-11/h7-11,14-15,22H,5-6,12-13H2,1-4H3,(H2,27,32)(H,28,30);3-7,10H,2,8-9H2,1H3,(H2,20,25)(H,22,23);4-8,10H,3,9H2,1-2H3,(H2,19,22)/t15-,22-;;/m0../s1. The molecule has 2 atom stereocenters. The van der Waals surface area contributed by atoms with Gasteiger partial charge in [-0.1, -0.05) is 132 Å². The molecule has 21 nitrogen and oxygen atoms in total. The van der Waals surface area contributed by atoms with Crippen molar-refractivity contribution < 1.29 is 67.2 Å². The van der Waals surface area contributed by atoms with Gasteiger partial charge in [0.2, 0.25) is 0 Å². The minimum absolute atomic E-state index is 0.131. The predicted molar refractivity (Wildman–Crippen MR) is 333 cm³/mol. The summed E-state index contributed by atoms with van der Waals surface area (Å²) >= 11 is 4.18. The summed E-state index contributed by atoms with van der Waals surface area (Å²) in [6.45, 7) is 10.2. The van der Waals surface area contributed by atoms with Crippen LogP contribution in [0.5, 0.6) is 17.2 Å². The van der Waals surface area contributed by atoms with Gasteiger partial charge in [-0.25, -0.2) is 9.59 Å². The van der Waals surface area contributed by atoms with Crippen molar-refractivity contribution in [3.63, 3.8) is 0 Å². The number of ketones is 3. The molecule has 456 valence electrons. The third kappa shape index (κ3) is 14.5. The van der Waals surface area contributed by atoms with Gasteiger partial charge in [-0.15, -0.1) is 34.0 Å². The molecule has 0 aliphatic heterocycles. The van der Waals surface area contributed by atoms with Crippen LogP contribution in [0.1, 0.15) is 106 Å². The second-order valence-corrected chi connectivity index (χ2v) is 22.4. The van der Waals surface area contributed by atoms with E-state index in [0.29, 0.717) is 89.9 Å². The minimum Gasteiger partial charge on any atom is -0.495 e. The predicted octanol–water partition coefficient (Wildman–Crippen LogP) is 8.50. The normalized spacial score (nSPS) is 11.6. The van der Waals surface area contributed by atoms with E-state index in [1.807, 2.05) is 140 Å². The Kier molecular flexibility index (Phi) is 22.2. The maximum Gasteiger partial charge on any atom is 0.341 e. The van der Waals surface area contributed by atoms with Crippen molar-refractivity contribution in [1.82, 2.24) is 19.0 Å². The van der Waals surface area contributed by atoms with E-state index in [1.54, 1.807) is 17.9 Å². The first-order valence-electron chi connectivity index (χ1n) is 27.6. The van der Waals surface area contributed by atoms with E-state index in [9.17, 15) is 43.2 Å². The van der Waals surface area contributed by atoms with Crippen molar-refractivity contribution >= 4 is 118 Å². The molecule has 87 heavy (non-hydrogen) atoms. The van der Waals surface area contributed by atoms with Crippen molar-refractivity contribution in [1.29, 1.82) is 0 Å². The minimum atomic E-state index is -1.13. The van der Waals surface area contributed by atoms with E-state index in [1.165, 1.54) is 41.1 Å². The van der Waals surface area contributed by atoms with Crippen LogP contribution in [0.25, 0.3) is 30.6 Å². The zero-order chi connectivity index (χ0) is 63.2. The largest absolute Gasteiger partial charge is 0.495 e. The lowest BCUT2D eigenvalue weighted by Crippen LogP contribution is -2.47. The summed E-state index contributed by atoms with van der Waals surface area (Å²) in [7, 11) is 2.82. The van der Waals surface area contributed by atoms with Gasteiger partial charge < -0.3 is 60.3 Å². The third-order valence-electron chi connectivity index (χ3n) is 14.4. The van der Waals surface area contributed by atoms with E-state index in [0.717, 1.165) is 36.9 Å². The van der Waals surface area contributed by atoms with Crippen LogP contribution >= 0.6 is 34.0 Å². The molecule has 3 aromatic carbocycles. The maximum atomic E-state index is 12.9. The Labute approximate surface area is 512 Å². The Morgan fingerprint density at radius 1 is 0.517 bits per heavy atom. The number of benzene rings is 3. The molecule has 9 rings (SSSR count). The molecule has 0 aliphatic rings. The van der Waals surface area contributed by atoms with Gasteiger partial charge in [-0.2, -0.15) is 0 Å². The average Bonchev–Trinajstić information content (AvgIpc) is 1.84. The zero-order valence-electron chi connectivity index (χ0n) is 49.0. The van der Waals surface area contributed by atoms with Crippen molar-refractivity contribution in [3.05, 3.63) is 158 Å². The molecule has 24 heteroatoms. The monoisotopic (exact) mass is 1240 g/mol. The van der Waals surface area contributed by atoms with Crippen LogP contribution in [0.3, 0.4) is 0 Å². The average molecular weight is 1240 g/mol. The number of ether oxygens (including phenoxy) is 4. The Morgan fingerprint density at radius 2 is 0.851 bits per heavy atom. The number of Topliss-reactive ketones (excluding diaryl/α,β-unsaturated/α-hetero) is 3. The second-order valence-electron chi connectivity index (χ2n) is 19.8. The number of rotatable bonds is 26. The van der Waals surface area contributed by atoms with Crippen LogP contribution in [0, 0.1) is 5.92 Å². The molecule has 6 aromatic heterocycles. The second kappa shape index (κ2) is 29.6. The Hall–Kier alpha value is -9.39. The van der Waals surface area contributed by atoms with E-state index in [-0.39, 0.29) is 29.4 Å². The Bertz CT molecular complexity index is 4000. The summed E-state index contributed by atoms with van der Waals surface area (Å²) in [5, 5.41) is 18.3. The number of fused-ring (bicyclic) bond motifs is 3. The van der Waals surface area contributed by atoms with Gasteiger partial charge in [-0.3, -0.25) is 33.6 Å². The number of thiophene rings is 3. The van der Waals surface area contributed by atoms with Crippen molar-refractivity contribution in [3.8, 4) is 17.2 Å². The number of amides is 4. The highest BCUT2D eigenvalue weighted by Gasteiger charge is 2.33. The number of hydrogen-bond donors (Lipinski definition) is 5. The summed E-state index contributed by atoms with van der Waals surface area (Å²) in [5.74, 6) is -6.48. The summed E-state index contributed by atoms with van der Waals surface area (Å²) in [5.41, 5.74) is 22.0. The number of carbonyl (C=O) groups is 9. The van der Waals surface area contributed by atoms with E-state index < -0.39 is 65.6 Å². The fourth-order valence-corrected chi connectivity index (χ4v) is 13.3. The highest BCUT2D eigenvalue weighted by atomic mass is 32.1. The maximum absolute atomic E-state index is 12.9. The fourth-order valence-electron chi connectivity index (χ4n) is 10.2. The highest BCUT2D eigenvalue weighted by Crippen LogP contribution is 2.43. The van der Waals surface area contributed by atoms with Gasteiger partial charge in [0.1, 0.15) is 37.8 Å². The number of nitrogens with zero attached hydrogens (tertiary/aromatic N) is 3. The fraction of sp³-hybridized carbons (Fsp3) is 0.286. The number of carboxylic acid groups (broad SMARTS) is 1. The van der Waals surface area contributed by atoms with Gasteiger partial charge >= 0.3 is 11.9 Å². The molecule has 0 radical (unpaired) electrons. The number of carboxylic acids is 1. The summed E-state index contributed by atoms with van der Waals surface area (Å²) in [4.78, 5) is 111. The number of nitrogens with two attached hydrogens (primary N) is 3. The first kappa shape index (κ1) is 65.2. The lowest BCUT2D eigenvalue weighted by molar-refractivity contribution is -0.146. The molecular weight excluding hydrogens is 1170 g/mol. The van der Waals surface area contributed by atoms with E-state index in [2.05, 4.69) is 9.88 Å². The van der Waals surface area contributed by atoms with Crippen LogP contribution in [0.4, 0.5) is 0 Å². The number of primary amides is 3. The Balaban J connectivity index is 0.000000191. The summed E-state index contributed by atoms with van der Waals surface area (Å²) in [6.07, 6.45) is 2.27. The molecule has 0 bridgehead atoms. The smallest absolute Gasteiger partial charge is 0.341 e. The number of aliphatic carboxylic acids is 1. The molecule has 0 aliphatic carbocycles. The number of nitrogens with one attached hydrogen (secondary N) is 1. The van der Waals surface area contributed by atoms with Crippen LogP contribution in [0.15, 0.2) is 107 Å². The quantitative estimate of drug-likeness (QED) is 0.0193. The lowest BCUT2D eigenvalue weighted by atomic mass is 9.99. The number of hydrogen-bond acceptors (Lipinski definition) is 16. The molecule has 4 amide bonds. The number of carbonyl (C=O) groups excluding carboxylic acids is 8. The Morgan fingerprint density at radius 3 is 1.15 bits per heavy atom. The van der Waals surface area contributed by atoms with Gasteiger partial charge in [-0.05, 0) is 41.9 Å². The summed E-state index contributed by atoms with van der Waals surface area (Å²) < 4.78 is 27.4. The SMILES string of the molecule is CCc1c(C(=O)C(N)=O)c2c(OC)csc2n1Cc1ccccc1.CCc1c(C(=O)C(N)=O)c2c(OCC(=O)N[C@H](C(=O)OC)[C@@H](C)CC)csc2n1Cc1ccccc1.CCc1c(C(=O)C(N)=O)c2c(OCC(=O)O)csc2n1Cc1ccccc1.